The molecule has 0 aliphatic rings. The molecule has 0 spiro atoms. The van der Waals surface area contributed by atoms with Gasteiger partial charge in [-0.25, -0.2) is 4.98 Å². The van der Waals surface area contributed by atoms with E-state index in [2.05, 4.69) is 41.6 Å². The molecular weight excluding hydrogens is 394 g/mol. The average molecular weight is 418 g/mol. The number of aryl methyl sites for hydroxylation is 2. The highest BCUT2D eigenvalue weighted by Crippen LogP contribution is 2.41. The van der Waals surface area contributed by atoms with E-state index in [4.69, 9.17) is 4.42 Å². The van der Waals surface area contributed by atoms with Crippen molar-refractivity contribution in [2.45, 2.75) is 26.8 Å². The van der Waals surface area contributed by atoms with Gasteiger partial charge in [-0.15, -0.1) is 11.3 Å². The summed E-state index contributed by atoms with van der Waals surface area (Å²) in [5.41, 5.74) is 4.40. The van der Waals surface area contributed by atoms with Crippen LogP contribution in [0.4, 0.5) is 10.8 Å². The number of anilines is 2. The standard InChI is InChI=1S/C24H23N3O2S/c1-15-11-12-25-20(14-15)26-22(18-8-5-4-6-9-18)21-16(2)17(3)30-24(21)27-23(28)19-10-7-13-29-19/h4-14,22H,1-3H3,(H,25,26)(H,27,28)/t22-/m1/s1. The molecule has 0 saturated carbocycles. The van der Waals surface area contributed by atoms with Gasteiger partial charge >= 0.3 is 0 Å². The molecule has 0 fully saturated rings. The number of rotatable bonds is 6. The number of amides is 1. The molecule has 4 aromatic rings. The molecule has 1 atom stereocenters. The topological polar surface area (TPSA) is 67.2 Å². The number of carbonyl (C=O) groups is 1. The van der Waals surface area contributed by atoms with Gasteiger partial charge in [-0.05, 0) is 61.7 Å². The second kappa shape index (κ2) is 8.55. The van der Waals surface area contributed by atoms with Gasteiger partial charge in [0.05, 0.1) is 12.3 Å². The van der Waals surface area contributed by atoms with E-state index in [1.165, 1.54) is 6.26 Å². The van der Waals surface area contributed by atoms with Crippen LogP contribution in [0.25, 0.3) is 0 Å². The lowest BCUT2D eigenvalue weighted by Crippen LogP contribution is -2.17. The summed E-state index contributed by atoms with van der Waals surface area (Å²) in [5.74, 6) is 0.813. The highest BCUT2D eigenvalue weighted by atomic mass is 32.1. The third kappa shape index (κ3) is 4.14. The number of carbonyl (C=O) groups excluding carboxylic acids is 1. The Morgan fingerprint density at radius 1 is 1.07 bits per heavy atom. The fraction of sp³-hybridized carbons (Fsp3) is 0.167. The van der Waals surface area contributed by atoms with E-state index < -0.39 is 0 Å². The average Bonchev–Trinajstić information content (AvgIpc) is 3.37. The summed E-state index contributed by atoms with van der Waals surface area (Å²) in [7, 11) is 0. The van der Waals surface area contributed by atoms with Crippen molar-refractivity contribution >= 4 is 28.1 Å². The number of nitrogens with one attached hydrogen (secondary N) is 2. The minimum atomic E-state index is -0.261. The first-order valence-electron chi connectivity index (χ1n) is 9.72. The van der Waals surface area contributed by atoms with Crippen LogP contribution in [0.1, 0.15) is 43.7 Å². The predicted octanol–water partition coefficient (Wildman–Crippen LogP) is 6.12. The van der Waals surface area contributed by atoms with Crippen LogP contribution in [0.3, 0.4) is 0 Å². The predicted molar refractivity (Wildman–Crippen MR) is 121 cm³/mol. The van der Waals surface area contributed by atoms with E-state index in [1.54, 1.807) is 29.7 Å². The summed E-state index contributed by atoms with van der Waals surface area (Å²) >= 11 is 1.57. The Balaban J connectivity index is 1.77. The number of aromatic nitrogens is 1. The smallest absolute Gasteiger partial charge is 0.291 e. The molecule has 0 bridgehead atoms. The molecule has 3 heterocycles. The monoisotopic (exact) mass is 417 g/mol. The van der Waals surface area contributed by atoms with Crippen LogP contribution >= 0.6 is 11.3 Å². The van der Waals surface area contributed by atoms with Gasteiger partial charge in [0.1, 0.15) is 10.8 Å². The van der Waals surface area contributed by atoms with Gasteiger partial charge in [0, 0.05) is 16.6 Å². The third-order valence-electron chi connectivity index (χ3n) is 5.03. The maximum atomic E-state index is 12.7. The molecule has 2 N–H and O–H groups in total. The van der Waals surface area contributed by atoms with Gasteiger partial charge in [0.2, 0.25) is 0 Å². The minimum Gasteiger partial charge on any atom is -0.459 e. The number of hydrogen-bond acceptors (Lipinski definition) is 5. The Morgan fingerprint density at radius 3 is 2.57 bits per heavy atom. The zero-order valence-corrected chi connectivity index (χ0v) is 17.9. The lowest BCUT2D eigenvalue weighted by molar-refractivity contribution is 0.0997. The van der Waals surface area contributed by atoms with Gasteiger partial charge in [-0.1, -0.05) is 30.3 Å². The van der Waals surface area contributed by atoms with Crippen LogP contribution in [0.5, 0.6) is 0 Å². The maximum absolute atomic E-state index is 12.7. The van der Waals surface area contributed by atoms with E-state index >= 15 is 0 Å². The van der Waals surface area contributed by atoms with Crippen LogP contribution in [0.15, 0.2) is 71.5 Å². The van der Waals surface area contributed by atoms with Gasteiger partial charge < -0.3 is 15.1 Å². The van der Waals surface area contributed by atoms with Crippen LogP contribution in [0.2, 0.25) is 0 Å². The quantitative estimate of drug-likeness (QED) is 0.397. The molecule has 0 unspecified atom stereocenters. The van der Waals surface area contributed by atoms with Crippen molar-refractivity contribution in [2.24, 2.45) is 0 Å². The molecule has 1 aromatic carbocycles. The first kappa shape index (κ1) is 19.9. The van der Waals surface area contributed by atoms with Crippen molar-refractivity contribution in [1.29, 1.82) is 0 Å². The first-order valence-corrected chi connectivity index (χ1v) is 10.5. The van der Waals surface area contributed by atoms with Crippen molar-refractivity contribution < 1.29 is 9.21 Å². The lowest BCUT2D eigenvalue weighted by Gasteiger charge is -2.22. The van der Waals surface area contributed by atoms with Crippen molar-refractivity contribution in [3.63, 3.8) is 0 Å². The van der Waals surface area contributed by atoms with Crippen LogP contribution < -0.4 is 10.6 Å². The molecule has 5 nitrogen and oxygen atoms in total. The van der Waals surface area contributed by atoms with Crippen molar-refractivity contribution in [2.75, 3.05) is 10.6 Å². The number of pyridine rings is 1. The van der Waals surface area contributed by atoms with Crippen molar-refractivity contribution in [3.05, 3.63) is 99.9 Å². The van der Waals surface area contributed by atoms with Crippen molar-refractivity contribution in [3.8, 4) is 0 Å². The molecule has 1 amide bonds. The molecule has 152 valence electrons. The molecular formula is C24H23N3O2S. The summed E-state index contributed by atoms with van der Waals surface area (Å²) < 4.78 is 5.27. The van der Waals surface area contributed by atoms with E-state index in [0.717, 1.165) is 37.9 Å². The zero-order chi connectivity index (χ0) is 21.1. The lowest BCUT2D eigenvalue weighted by atomic mass is 9.96. The highest BCUT2D eigenvalue weighted by molar-refractivity contribution is 7.16. The Labute approximate surface area is 179 Å². The maximum Gasteiger partial charge on any atom is 0.291 e. The summed E-state index contributed by atoms with van der Waals surface area (Å²) in [6, 6.07) is 17.4. The van der Waals surface area contributed by atoms with Gasteiger partial charge in [-0.3, -0.25) is 4.79 Å². The van der Waals surface area contributed by atoms with E-state index in [9.17, 15) is 4.79 Å². The molecule has 0 aliphatic carbocycles. The molecule has 30 heavy (non-hydrogen) atoms. The summed E-state index contributed by atoms with van der Waals surface area (Å²) in [6.07, 6.45) is 3.30. The Bertz CT molecular complexity index is 1150. The van der Waals surface area contributed by atoms with Gasteiger partial charge in [-0.2, -0.15) is 0 Å². The minimum absolute atomic E-state index is 0.169. The Hall–Kier alpha value is -3.38. The van der Waals surface area contributed by atoms with Crippen LogP contribution in [0, 0.1) is 20.8 Å². The molecule has 4 rings (SSSR count). The fourth-order valence-corrected chi connectivity index (χ4v) is 4.48. The zero-order valence-electron chi connectivity index (χ0n) is 17.1. The summed E-state index contributed by atoms with van der Waals surface area (Å²) in [6.45, 7) is 6.20. The summed E-state index contributed by atoms with van der Waals surface area (Å²) in [5, 5.41) is 7.43. The second-order valence-electron chi connectivity index (χ2n) is 7.16. The van der Waals surface area contributed by atoms with Crippen LogP contribution in [-0.2, 0) is 0 Å². The molecule has 0 radical (unpaired) electrons. The second-order valence-corrected chi connectivity index (χ2v) is 8.39. The van der Waals surface area contributed by atoms with Crippen LogP contribution in [-0.4, -0.2) is 10.9 Å². The van der Waals surface area contributed by atoms with E-state index in [-0.39, 0.29) is 17.7 Å². The number of hydrogen-bond donors (Lipinski definition) is 2. The van der Waals surface area contributed by atoms with Gasteiger partial charge in [0.25, 0.3) is 5.91 Å². The highest BCUT2D eigenvalue weighted by Gasteiger charge is 2.25. The van der Waals surface area contributed by atoms with Gasteiger partial charge in [0.15, 0.2) is 5.76 Å². The SMILES string of the molecule is Cc1ccnc(N[C@H](c2ccccc2)c2c(NC(=O)c3ccco3)sc(C)c2C)c1. The molecule has 6 heteroatoms. The van der Waals surface area contributed by atoms with E-state index in [1.807, 2.05) is 37.3 Å². The number of nitrogens with zero attached hydrogens (tertiary/aromatic N) is 1. The molecule has 0 saturated heterocycles. The number of benzene rings is 1. The Kier molecular flexibility index (Phi) is 5.68. The largest absolute Gasteiger partial charge is 0.459 e. The third-order valence-corrected chi connectivity index (χ3v) is 6.17. The molecule has 3 aromatic heterocycles. The Morgan fingerprint density at radius 2 is 1.87 bits per heavy atom. The normalized spacial score (nSPS) is 11.8. The summed E-state index contributed by atoms with van der Waals surface area (Å²) in [4.78, 5) is 18.3. The first-order chi connectivity index (χ1) is 14.5. The fourth-order valence-electron chi connectivity index (χ4n) is 3.39. The molecule has 0 aliphatic heterocycles. The number of thiophene rings is 1. The number of furan rings is 1. The van der Waals surface area contributed by atoms with E-state index in [0.29, 0.717) is 0 Å². The van der Waals surface area contributed by atoms with Crippen molar-refractivity contribution in [1.82, 2.24) is 4.98 Å².